The van der Waals surface area contributed by atoms with E-state index in [2.05, 4.69) is 29.2 Å². The van der Waals surface area contributed by atoms with Crippen molar-refractivity contribution >= 4 is 23.5 Å². The molecule has 3 aromatic carbocycles. The lowest BCUT2D eigenvalue weighted by molar-refractivity contribution is 0.0932. The Hall–Kier alpha value is -3.15. The molecule has 0 atom stereocenters. The summed E-state index contributed by atoms with van der Waals surface area (Å²) in [4.78, 5) is 15.3. The van der Waals surface area contributed by atoms with Crippen molar-refractivity contribution in [2.24, 2.45) is 0 Å². The van der Waals surface area contributed by atoms with Crippen molar-refractivity contribution in [3.8, 4) is 11.5 Å². The summed E-state index contributed by atoms with van der Waals surface area (Å²) in [6, 6.07) is 16.7. The van der Waals surface area contributed by atoms with Gasteiger partial charge in [0.25, 0.3) is 0 Å². The number of ketones is 1. The largest absolute Gasteiger partial charge is 0.477 e. The summed E-state index contributed by atoms with van der Waals surface area (Å²) in [5.41, 5.74) is 3.67. The van der Waals surface area contributed by atoms with E-state index in [0.29, 0.717) is 24.6 Å². The van der Waals surface area contributed by atoms with Gasteiger partial charge < -0.3 is 9.47 Å². The summed E-state index contributed by atoms with van der Waals surface area (Å²) < 4.78 is 26.1. The first kappa shape index (κ1) is 21.7. The first-order chi connectivity index (χ1) is 16.0. The Balaban J connectivity index is 1.34. The number of aryl methyl sites for hydroxylation is 1. The van der Waals surface area contributed by atoms with Crippen molar-refractivity contribution in [3.63, 3.8) is 0 Å². The molecule has 0 radical (unpaired) electrons. The number of carbonyl (C=O) groups excluding carboxylic acids is 1. The third-order valence-electron chi connectivity index (χ3n) is 6.06. The van der Waals surface area contributed by atoms with Crippen LogP contribution in [-0.2, 0) is 13.0 Å². The van der Waals surface area contributed by atoms with E-state index in [1.54, 1.807) is 6.07 Å². The Morgan fingerprint density at radius 1 is 1.12 bits per heavy atom. The van der Waals surface area contributed by atoms with Crippen LogP contribution in [0.5, 0.6) is 11.5 Å². The first-order valence-electron chi connectivity index (χ1n) is 10.9. The highest BCUT2D eigenvalue weighted by Gasteiger charge is 2.33. The van der Waals surface area contributed by atoms with E-state index in [1.807, 2.05) is 19.1 Å². The van der Waals surface area contributed by atoms with Gasteiger partial charge in [-0.05, 0) is 49.6 Å². The van der Waals surface area contributed by atoms with Gasteiger partial charge in [0.2, 0.25) is 5.78 Å². The van der Waals surface area contributed by atoms with Crippen LogP contribution in [-0.4, -0.2) is 24.0 Å². The van der Waals surface area contributed by atoms with E-state index >= 15 is 0 Å². The molecule has 168 valence electrons. The summed E-state index contributed by atoms with van der Waals surface area (Å²) in [6.07, 6.45) is 3.40. The Labute approximate surface area is 197 Å². The first-order valence-corrected chi connectivity index (χ1v) is 11.3. The summed E-state index contributed by atoms with van der Waals surface area (Å²) in [5, 5.41) is 0.223. The quantitative estimate of drug-likeness (QED) is 0.423. The second-order valence-electron chi connectivity index (χ2n) is 8.36. The smallest absolute Gasteiger partial charge is 0.231 e. The molecule has 0 N–H and O–H groups in total. The Bertz CT molecular complexity index is 1240. The molecule has 2 aliphatic heterocycles. The van der Waals surface area contributed by atoms with Gasteiger partial charge in [0.15, 0.2) is 5.76 Å². The minimum atomic E-state index is -0.507. The number of halogens is 2. The number of hydrogen-bond acceptors (Lipinski definition) is 4. The van der Waals surface area contributed by atoms with E-state index in [-0.39, 0.29) is 22.1 Å². The Morgan fingerprint density at radius 3 is 2.73 bits per heavy atom. The van der Waals surface area contributed by atoms with E-state index in [4.69, 9.17) is 21.1 Å². The second-order valence-corrected chi connectivity index (χ2v) is 8.76. The van der Waals surface area contributed by atoms with Crippen LogP contribution in [0, 0.1) is 12.7 Å². The molecule has 6 heteroatoms. The van der Waals surface area contributed by atoms with Crippen molar-refractivity contribution in [2.75, 3.05) is 13.3 Å². The summed E-state index contributed by atoms with van der Waals surface area (Å²) in [6.45, 7) is 3.97. The fourth-order valence-corrected chi connectivity index (χ4v) is 4.59. The predicted molar refractivity (Wildman–Crippen MR) is 126 cm³/mol. The van der Waals surface area contributed by atoms with Gasteiger partial charge in [-0.25, -0.2) is 4.39 Å². The van der Waals surface area contributed by atoms with Crippen LogP contribution < -0.4 is 9.47 Å². The number of benzene rings is 3. The lowest BCUT2D eigenvalue weighted by Gasteiger charge is -2.30. The molecule has 2 heterocycles. The average molecular weight is 464 g/mol. The van der Waals surface area contributed by atoms with E-state index in [0.717, 1.165) is 36.3 Å². The molecule has 0 saturated carbocycles. The van der Waals surface area contributed by atoms with Gasteiger partial charge in [0.05, 0.1) is 10.6 Å². The van der Waals surface area contributed by atoms with Crippen LogP contribution in [0.1, 0.15) is 39.0 Å². The van der Waals surface area contributed by atoms with E-state index in [9.17, 15) is 9.18 Å². The number of nitrogens with zero attached hydrogens (tertiary/aromatic N) is 1. The van der Waals surface area contributed by atoms with Gasteiger partial charge in [0.1, 0.15) is 24.0 Å². The maximum atomic E-state index is 14.2. The normalized spacial score (nSPS) is 16.3. The third kappa shape index (κ3) is 4.26. The van der Waals surface area contributed by atoms with Gasteiger partial charge in [-0.2, -0.15) is 0 Å². The standard InChI is InChI=1S/C27H23ClFNO3/c1-17-26-19(15-30(16-32-26)12-6-9-18-7-3-2-4-8-18)13-21-25(31)24(33-27(17)21)14-20-22(28)10-5-11-23(20)29/h2-5,7-8,10-11,13-14H,6,9,12,15-16H2,1H3/b24-14-. The van der Waals surface area contributed by atoms with Crippen molar-refractivity contribution < 1.29 is 18.7 Å². The van der Waals surface area contributed by atoms with Gasteiger partial charge in [-0.3, -0.25) is 9.69 Å². The number of allylic oxidation sites excluding steroid dienone is 1. The van der Waals surface area contributed by atoms with Crippen molar-refractivity contribution in [3.05, 3.63) is 99.0 Å². The molecule has 0 aliphatic carbocycles. The SMILES string of the molecule is Cc1c2c(cc3c1O/C(=C\c1c(F)cccc1Cl)C3=O)CN(CCCc1ccccc1)CO2. The van der Waals surface area contributed by atoms with Gasteiger partial charge in [-0.15, -0.1) is 0 Å². The van der Waals surface area contributed by atoms with Gasteiger partial charge in [-0.1, -0.05) is 48.0 Å². The molecular formula is C27H23ClFNO3. The number of hydrogen-bond donors (Lipinski definition) is 0. The van der Waals surface area contributed by atoms with Crippen LogP contribution in [0.4, 0.5) is 4.39 Å². The van der Waals surface area contributed by atoms with Gasteiger partial charge in [0, 0.05) is 29.8 Å². The zero-order chi connectivity index (χ0) is 22.9. The van der Waals surface area contributed by atoms with E-state index < -0.39 is 5.82 Å². The minimum absolute atomic E-state index is 0.0576. The lowest BCUT2D eigenvalue weighted by Crippen LogP contribution is -2.33. The molecule has 33 heavy (non-hydrogen) atoms. The molecule has 0 spiro atoms. The van der Waals surface area contributed by atoms with Crippen LogP contribution in [0.25, 0.3) is 6.08 Å². The monoisotopic (exact) mass is 463 g/mol. The fourth-order valence-electron chi connectivity index (χ4n) is 4.37. The zero-order valence-corrected chi connectivity index (χ0v) is 19.0. The van der Waals surface area contributed by atoms with Crippen molar-refractivity contribution in [1.29, 1.82) is 0 Å². The number of carbonyl (C=O) groups is 1. The lowest BCUT2D eigenvalue weighted by atomic mass is 9.99. The summed E-state index contributed by atoms with van der Waals surface area (Å²) >= 11 is 6.12. The third-order valence-corrected chi connectivity index (χ3v) is 6.39. The van der Waals surface area contributed by atoms with Crippen LogP contribution >= 0.6 is 11.6 Å². The Kier molecular flexibility index (Phi) is 5.92. The molecule has 0 fully saturated rings. The summed E-state index contributed by atoms with van der Waals surface area (Å²) in [5.74, 6) is 0.493. The molecule has 0 bridgehead atoms. The van der Waals surface area contributed by atoms with Crippen molar-refractivity contribution in [2.45, 2.75) is 26.3 Å². The summed E-state index contributed by atoms with van der Waals surface area (Å²) in [7, 11) is 0. The molecule has 0 amide bonds. The highest BCUT2D eigenvalue weighted by Crippen LogP contribution is 2.43. The molecule has 5 rings (SSSR count). The molecule has 0 saturated heterocycles. The molecular weight excluding hydrogens is 441 g/mol. The number of fused-ring (bicyclic) bond motifs is 2. The highest BCUT2D eigenvalue weighted by molar-refractivity contribution is 6.32. The molecule has 0 unspecified atom stereocenters. The number of ether oxygens (including phenoxy) is 2. The van der Waals surface area contributed by atoms with Crippen molar-refractivity contribution in [1.82, 2.24) is 4.90 Å². The molecule has 4 nitrogen and oxygen atoms in total. The fraction of sp³-hybridized carbons (Fsp3) is 0.222. The number of Topliss-reactive ketones (excluding diaryl/α,β-unsaturated/α-hetero) is 1. The van der Waals surface area contributed by atoms with Crippen LogP contribution in [0.2, 0.25) is 5.02 Å². The molecule has 2 aliphatic rings. The maximum absolute atomic E-state index is 14.2. The highest BCUT2D eigenvalue weighted by atomic mass is 35.5. The van der Waals surface area contributed by atoms with Crippen LogP contribution in [0.15, 0.2) is 60.4 Å². The molecule has 3 aromatic rings. The molecule has 0 aromatic heterocycles. The minimum Gasteiger partial charge on any atom is -0.477 e. The average Bonchev–Trinajstić information content (AvgIpc) is 3.13. The maximum Gasteiger partial charge on any atom is 0.231 e. The predicted octanol–water partition coefficient (Wildman–Crippen LogP) is 6.19. The Morgan fingerprint density at radius 2 is 1.94 bits per heavy atom. The number of rotatable bonds is 5. The zero-order valence-electron chi connectivity index (χ0n) is 18.2. The van der Waals surface area contributed by atoms with Crippen LogP contribution in [0.3, 0.4) is 0 Å². The topological polar surface area (TPSA) is 38.8 Å². The second kappa shape index (κ2) is 9.00. The van der Waals surface area contributed by atoms with Gasteiger partial charge >= 0.3 is 0 Å². The van der Waals surface area contributed by atoms with E-state index in [1.165, 1.54) is 23.8 Å².